The highest BCUT2D eigenvalue weighted by Crippen LogP contribution is 2.37. The summed E-state index contributed by atoms with van der Waals surface area (Å²) in [5.41, 5.74) is 6.28. The predicted octanol–water partition coefficient (Wildman–Crippen LogP) is 9.04. The lowest BCUT2D eigenvalue weighted by atomic mass is 9.99. The van der Waals surface area contributed by atoms with Gasteiger partial charge in [-0.25, -0.2) is 29.0 Å². The average Bonchev–Trinajstić information content (AvgIpc) is 4.24. The number of nitrogens with zero attached hydrogens (tertiary/aromatic N) is 11. The molecule has 0 bridgehead atoms. The number of imidazole rings is 1. The van der Waals surface area contributed by atoms with Gasteiger partial charge in [0.15, 0.2) is 17.2 Å². The Morgan fingerprint density at radius 3 is 2.16 bits per heavy atom. The summed E-state index contributed by atoms with van der Waals surface area (Å²) in [5, 5.41) is 9.90. The molecule has 68 heavy (non-hydrogen) atoms. The quantitative estimate of drug-likeness (QED) is 0.124. The Bertz CT molecular complexity index is 3300. The molecule has 0 unspecified atom stereocenters. The Hall–Kier alpha value is -8.21. The fraction of sp³-hybridized carbons (Fsp3) is 0.216. The van der Waals surface area contributed by atoms with E-state index in [1.807, 2.05) is 115 Å². The number of halogens is 3. The first-order valence-corrected chi connectivity index (χ1v) is 22.4. The lowest BCUT2D eigenvalue weighted by Gasteiger charge is -2.24. The standard InChI is InChI=1S/C51H42F3N11O3/c52-51(53,54)36-20-21-43(57-28-36)68-31-38-16-9-25-63(38)50(67)47-45(48-55-22-10-23-56-48)42-19-7-18-40(65(42)60-47)34-13-6-14-35(27-34)44-41-17-4-5-26-64(41)59-46(44)49(66)62-24-8-15-37(62)29-61-30-39(58-32-61)33-11-2-1-3-12-33/h1-7,10-14,17-23,26-28,30,32,37-38H,8-9,15-16,24-25,29,31H2/t37-,38-/m0/s1. The fourth-order valence-electron chi connectivity index (χ4n) is 9.47. The van der Waals surface area contributed by atoms with E-state index in [-0.39, 0.29) is 36.0 Å². The van der Waals surface area contributed by atoms with Crippen LogP contribution in [-0.2, 0) is 12.7 Å². The SMILES string of the molecule is O=C(c1nn2ccccc2c1-c1cccc(-c2cccc3c(-c4ncccn4)c(C(=O)N4CCC[C@H]4COc4ccc(C(F)(F)F)cn4)nn23)c1)N1CCC[C@H]1Cn1cnc(-c2ccccc2)c1. The number of ether oxygens (including phenoxy) is 1. The van der Waals surface area contributed by atoms with Crippen LogP contribution in [0.15, 0.2) is 147 Å². The van der Waals surface area contributed by atoms with Crippen molar-refractivity contribution in [1.82, 2.24) is 53.5 Å². The van der Waals surface area contributed by atoms with Crippen molar-refractivity contribution in [2.24, 2.45) is 0 Å². The van der Waals surface area contributed by atoms with Crippen molar-refractivity contribution in [3.8, 4) is 50.9 Å². The van der Waals surface area contributed by atoms with E-state index in [1.54, 1.807) is 32.4 Å². The maximum Gasteiger partial charge on any atom is 0.417 e. The molecule has 0 radical (unpaired) electrons. The summed E-state index contributed by atoms with van der Waals surface area (Å²) in [5.74, 6) is -0.163. The van der Waals surface area contributed by atoms with Gasteiger partial charge in [-0.2, -0.15) is 23.4 Å². The number of benzene rings is 2. The molecule has 2 aliphatic heterocycles. The van der Waals surface area contributed by atoms with E-state index in [9.17, 15) is 22.8 Å². The molecule has 7 aromatic heterocycles. The molecule has 2 amide bonds. The number of hydrogen-bond acceptors (Lipinski definition) is 9. The number of amides is 2. The molecule has 2 saturated heterocycles. The first kappa shape index (κ1) is 42.4. The topological polar surface area (TPSA) is 141 Å². The zero-order chi connectivity index (χ0) is 46.4. The maximum absolute atomic E-state index is 14.8. The van der Waals surface area contributed by atoms with E-state index < -0.39 is 17.8 Å². The van der Waals surface area contributed by atoms with Gasteiger partial charge in [-0.3, -0.25) is 9.59 Å². The highest BCUT2D eigenvalue weighted by molar-refractivity contribution is 6.05. The zero-order valence-corrected chi connectivity index (χ0v) is 36.4. The van der Waals surface area contributed by atoms with Crippen LogP contribution in [0.3, 0.4) is 0 Å². The van der Waals surface area contributed by atoms with E-state index in [2.05, 4.69) is 24.5 Å². The summed E-state index contributed by atoms with van der Waals surface area (Å²) in [4.78, 5) is 50.7. The second-order valence-electron chi connectivity index (χ2n) is 16.9. The smallest absolute Gasteiger partial charge is 0.417 e. The second kappa shape index (κ2) is 17.5. The molecule has 2 atom stereocenters. The molecule has 0 N–H and O–H groups in total. The number of likely N-dealkylation sites (tertiary alicyclic amines) is 2. The number of carbonyl (C=O) groups is 2. The first-order valence-electron chi connectivity index (χ1n) is 22.4. The third kappa shape index (κ3) is 7.98. The van der Waals surface area contributed by atoms with Gasteiger partial charge >= 0.3 is 6.18 Å². The normalized spacial score (nSPS) is 16.3. The number of aromatic nitrogens is 9. The van der Waals surface area contributed by atoms with Crippen LogP contribution in [0, 0.1) is 0 Å². The van der Waals surface area contributed by atoms with E-state index in [0.29, 0.717) is 66.3 Å². The van der Waals surface area contributed by atoms with Crippen LogP contribution in [0.25, 0.3) is 56.1 Å². The van der Waals surface area contributed by atoms with Crippen molar-refractivity contribution in [2.45, 2.75) is 50.5 Å². The van der Waals surface area contributed by atoms with Crippen LogP contribution in [0.4, 0.5) is 13.2 Å². The minimum Gasteiger partial charge on any atom is -0.475 e. The van der Waals surface area contributed by atoms with Gasteiger partial charge in [0.05, 0.1) is 52.0 Å². The minimum atomic E-state index is -4.52. The van der Waals surface area contributed by atoms with E-state index in [0.717, 1.165) is 53.0 Å². The second-order valence-corrected chi connectivity index (χ2v) is 16.9. The number of alkyl halides is 3. The Labute approximate surface area is 387 Å². The monoisotopic (exact) mass is 913 g/mol. The molecular weight excluding hydrogens is 872 g/mol. The summed E-state index contributed by atoms with van der Waals surface area (Å²) in [7, 11) is 0. The van der Waals surface area contributed by atoms with Gasteiger partial charge in [0.2, 0.25) is 5.88 Å². The van der Waals surface area contributed by atoms with Gasteiger partial charge < -0.3 is 19.1 Å². The van der Waals surface area contributed by atoms with Gasteiger partial charge in [-0.05, 0) is 73.7 Å². The largest absolute Gasteiger partial charge is 0.475 e. The maximum atomic E-state index is 14.8. The molecule has 2 aliphatic rings. The molecule has 9 heterocycles. The first-order chi connectivity index (χ1) is 33.2. The van der Waals surface area contributed by atoms with Gasteiger partial charge in [-0.1, -0.05) is 60.7 Å². The number of hydrogen-bond donors (Lipinski definition) is 0. The van der Waals surface area contributed by atoms with Crippen molar-refractivity contribution in [1.29, 1.82) is 0 Å². The van der Waals surface area contributed by atoms with Crippen LogP contribution >= 0.6 is 0 Å². The number of fused-ring (bicyclic) bond motifs is 2. The van der Waals surface area contributed by atoms with E-state index in [1.165, 1.54) is 6.07 Å². The molecule has 340 valence electrons. The van der Waals surface area contributed by atoms with Gasteiger partial charge in [0.25, 0.3) is 11.8 Å². The average molecular weight is 914 g/mol. The highest BCUT2D eigenvalue weighted by Gasteiger charge is 2.36. The van der Waals surface area contributed by atoms with Gasteiger partial charge in [0, 0.05) is 73.4 Å². The molecule has 14 nitrogen and oxygen atoms in total. The summed E-state index contributed by atoms with van der Waals surface area (Å²) in [6.45, 7) is 1.65. The summed E-state index contributed by atoms with van der Waals surface area (Å²) < 4.78 is 50.8. The van der Waals surface area contributed by atoms with Crippen LogP contribution in [0.1, 0.15) is 52.2 Å². The number of carbonyl (C=O) groups excluding carboxylic acids is 2. The van der Waals surface area contributed by atoms with Crippen LogP contribution < -0.4 is 4.74 Å². The Balaban J connectivity index is 0.919. The Kier molecular flexibility index (Phi) is 10.9. The summed E-state index contributed by atoms with van der Waals surface area (Å²) in [6.07, 6.45) is 8.14. The third-order valence-corrected chi connectivity index (χ3v) is 12.7. The lowest BCUT2D eigenvalue weighted by molar-refractivity contribution is -0.137. The Morgan fingerprint density at radius 2 is 1.38 bits per heavy atom. The van der Waals surface area contributed by atoms with Gasteiger partial charge in [0.1, 0.15) is 6.61 Å². The van der Waals surface area contributed by atoms with Crippen molar-refractivity contribution >= 4 is 22.8 Å². The molecular formula is C51H42F3N11O3. The molecule has 11 rings (SSSR count). The number of rotatable bonds is 11. The molecule has 0 saturated carbocycles. The lowest BCUT2D eigenvalue weighted by Crippen LogP contribution is -2.39. The van der Waals surface area contributed by atoms with Crippen LogP contribution in [0.5, 0.6) is 5.88 Å². The van der Waals surface area contributed by atoms with E-state index >= 15 is 0 Å². The van der Waals surface area contributed by atoms with Crippen molar-refractivity contribution in [3.05, 3.63) is 163 Å². The summed E-state index contributed by atoms with van der Waals surface area (Å²) >= 11 is 0. The van der Waals surface area contributed by atoms with Crippen LogP contribution in [-0.4, -0.2) is 97.1 Å². The molecule has 2 fully saturated rings. The molecule has 0 aliphatic carbocycles. The van der Waals surface area contributed by atoms with E-state index in [4.69, 9.17) is 14.9 Å². The van der Waals surface area contributed by atoms with Gasteiger partial charge in [-0.15, -0.1) is 0 Å². The molecule has 9 aromatic rings. The molecule has 2 aromatic carbocycles. The van der Waals surface area contributed by atoms with Crippen molar-refractivity contribution in [2.75, 3.05) is 19.7 Å². The molecule has 17 heteroatoms. The zero-order valence-electron chi connectivity index (χ0n) is 36.4. The predicted molar refractivity (Wildman–Crippen MR) is 246 cm³/mol. The Morgan fingerprint density at radius 1 is 0.676 bits per heavy atom. The minimum absolute atomic E-state index is 0.0271. The third-order valence-electron chi connectivity index (χ3n) is 12.7. The molecule has 0 spiro atoms. The van der Waals surface area contributed by atoms with Crippen molar-refractivity contribution in [3.63, 3.8) is 0 Å². The van der Waals surface area contributed by atoms with Crippen LogP contribution in [0.2, 0.25) is 0 Å². The summed E-state index contributed by atoms with van der Waals surface area (Å²) in [6, 6.07) is 32.7. The highest BCUT2D eigenvalue weighted by atomic mass is 19.4. The number of pyridine rings is 3. The van der Waals surface area contributed by atoms with Crippen molar-refractivity contribution < 1.29 is 27.5 Å². The fourth-order valence-corrected chi connectivity index (χ4v) is 9.47.